The van der Waals surface area contributed by atoms with Crippen LogP contribution in [0, 0.1) is 0 Å². The number of carbonyl (C=O) groups is 1. The van der Waals surface area contributed by atoms with Crippen LogP contribution in [-0.2, 0) is 4.79 Å². The Morgan fingerprint density at radius 2 is 2.11 bits per heavy atom. The van der Waals surface area contributed by atoms with Crippen LogP contribution in [-0.4, -0.2) is 30.9 Å². The van der Waals surface area contributed by atoms with Gasteiger partial charge in [-0.3, -0.25) is 15.1 Å². The van der Waals surface area contributed by atoms with E-state index < -0.39 is 0 Å². The maximum Gasteiger partial charge on any atom is 0.250 e. The molecule has 1 atom stereocenters. The predicted molar refractivity (Wildman–Crippen MR) is 35.5 cm³/mol. The highest BCUT2D eigenvalue weighted by Gasteiger charge is 2.11. The minimum Gasteiger partial charge on any atom is -0.298 e. The zero-order chi connectivity index (χ0) is 7.44. The molecule has 4 nitrogen and oxygen atoms in total. The molecule has 0 aromatic heterocycles. The Labute approximate surface area is 55.0 Å². The van der Waals surface area contributed by atoms with Crippen LogP contribution in [0.25, 0.3) is 0 Å². The zero-order valence-corrected chi connectivity index (χ0v) is 6.01. The number of amides is 1. The second-order valence-corrected chi connectivity index (χ2v) is 2.15. The maximum atomic E-state index is 10.7. The standard InChI is InChI=1S/C5H13N3O/c1-4(8(2)3)5(9)7-6/h4H,6H2,1-3H3,(H,7,9). The van der Waals surface area contributed by atoms with Gasteiger partial charge < -0.3 is 0 Å². The number of likely N-dealkylation sites (N-methyl/N-ethyl adjacent to an activating group) is 1. The lowest BCUT2D eigenvalue weighted by Crippen LogP contribution is -2.44. The van der Waals surface area contributed by atoms with E-state index in [4.69, 9.17) is 5.84 Å². The lowest BCUT2D eigenvalue weighted by Gasteiger charge is -2.16. The van der Waals surface area contributed by atoms with Crippen LogP contribution in [0.2, 0.25) is 0 Å². The summed E-state index contributed by atoms with van der Waals surface area (Å²) in [5, 5.41) is 0. The number of hydrogen-bond acceptors (Lipinski definition) is 3. The molecule has 1 amide bonds. The van der Waals surface area contributed by atoms with Gasteiger partial charge in [-0.2, -0.15) is 0 Å². The number of nitrogens with zero attached hydrogens (tertiary/aromatic N) is 1. The van der Waals surface area contributed by atoms with Crippen molar-refractivity contribution in [2.45, 2.75) is 13.0 Å². The predicted octanol–water partition coefficient (Wildman–Crippen LogP) is -1.07. The molecule has 0 fully saturated rings. The van der Waals surface area contributed by atoms with E-state index in [0.29, 0.717) is 0 Å². The van der Waals surface area contributed by atoms with Crippen molar-refractivity contribution < 1.29 is 4.79 Å². The summed E-state index contributed by atoms with van der Waals surface area (Å²) >= 11 is 0. The highest BCUT2D eigenvalue weighted by Crippen LogP contribution is 1.88. The molecule has 0 radical (unpaired) electrons. The molecule has 0 bridgehead atoms. The molecule has 54 valence electrons. The molecular weight excluding hydrogens is 118 g/mol. The molecule has 0 saturated heterocycles. The van der Waals surface area contributed by atoms with Crippen molar-refractivity contribution in [2.75, 3.05) is 14.1 Å². The Balaban J connectivity index is 3.72. The van der Waals surface area contributed by atoms with Crippen LogP contribution in [0.15, 0.2) is 0 Å². The number of rotatable bonds is 2. The highest BCUT2D eigenvalue weighted by molar-refractivity contribution is 5.80. The van der Waals surface area contributed by atoms with E-state index >= 15 is 0 Å². The molecule has 0 aromatic rings. The molecule has 0 rings (SSSR count). The molecule has 0 aliphatic heterocycles. The third-order valence-corrected chi connectivity index (χ3v) is 1.30. The van der Waals surface area contributed by atoms with Gasteiger partial charge in [-0.1, -0.05) is 0 Å². The van der Waals surface area contributed by atoms with E-state index in [0.717, 1.165) is 0 Å². The molecule has 0 aromatic carbocycles. The Bertz CT molecular complexity index is 102. The van der Waals surface area contributed by atoms with Crippen molar-refractivity contribution >= 4 is 5.91 Å². The normalized spacial score (nSPS) is 13.4. The Hall–Kier alpha value is -0.610. The van der Waals surface area contributed by atoms with Gasteiger partial charge in [0.2, 0.25) is 0 Å². The topological polar surface area (TPSA) is 58.4 Å². The third kappa shape index (κ3) is 2.43. The highest BCUT2D eigenvalue weighted by atomic mass is 16.2. The average molecular weight is 131 g/mol. The van der Waals surface area contributed by atoms with Gasteiger partial charge in [-0.05, 0) is 21.0 Å². The smallest absolute Gasteiger partial charge is 0.250 e. The van der Waals surface area contributed by atoms with Gasteiger partial charge in [0, 0.05) is 0 Å². The first-order valence-electron chi connectivity index (χ1n) is 2.76. The average Bonchev–Trinajstić information content (AvgIpc) is 1.84. The molecular formula is C5H13N3O. The van der Waals surface area contributed by atoms with Gasteiger partial charge in [0.15, 0.2) is 0 Å². The number of nitrogens with two attached hydrogens (primary N) is 1. The molecule has 0 saturated carbocycles. The zero-order valence-electron chi connectivity index (χ0n) is 6.01. The van der Waals surface area contributed by atoms with Crippen LogP contribution < -0.4 is 11.3 Å². The van der Waals surface area contributed by atoms with Gasteiger partial charge in [0.1, 0.15) is 0 Å². The third-order valence-electron chi connectivity index (χ3n) is 1.30. The Morgan fingerprint density at radius 1 is 1.67 bits per heavy atom. The van der Waals surface area contributed by atoms with Crippen molar-refractivity contribution in [2.24, 2.45) is 5.84 Å². The van der Waals surface area contributed by atoms with E-state index in [1.54, 1.807) is 11.8 Å². The van der Waals surface area contributed by atoms with Crippen molar-refractivity contribution in [3.63, 3.8) is 0 Å². The van der Waals surface area contributed by atoms with E-state index in [1.807, 2.05) is 14.1 Å². The summed E-state index contributed by atoms with van der Waals surface area (Å²) in [6.07, 6.45) is 0. The summed E-state index contributed by atoms with van der Waals surface area (Å²) in [5.74, 6) is 4.72. The summed E-state index contributed by atoms with van der Waals surface area (Å²) < 4.78 is 0. The van der Waals surface area contributed by atoms with Gasteiger partial charge in [0.05, 0.1) is 6.04 Å². The van der Waals surface area contributed by atoms with E-state index in [9.17, 15) is 4.79 Å². The van der Waals surface area contributed by atoms with Gasteiger partial charge in [-0.15, -0.1) is 0 Å². The number of nitrogens with one attached hydrogen (secondary N) is 1. The Kier molecular flexibility index (Phi) is 3.19. The SMILES string of the molecule is CC(C(=O)NN)N(C)C. The fourth-order valence-electron chi connectivity index (χ4n) is 0.355. The van der Waals surface area contributed by atoms with Crippen molar-refractivity contribution in [1.29, 1.82) is 0 Å². The van der Waals surface area contributed by atoms with Crippen LogP contribution in [0.5, 0.6) is 0 Å². The second kappa shape index (κ2) is 3.42. The first kappa shape index (κ1) is 8.39. The quantitative estimate of drug-likeness (QED) is 0.285. The Morgan fingerprint density at radius 3 is 2.22 bits per heavy atom. The molecule has 0 spiro atoms. The summed E-state index contributed by atoms with van der Waals surface area (Å²) in [7, 11) is 3.64. The molecule has 0 heterocycles. The molecule has 0 aliphatic rings. The van der Waals surface area contributed by atoms with Gasteiger partial charge >= 0.3 is 0 Å². The molecule has 0 aliphatic carbocycles. The van der Waals surface area contributed by atoms with Crippen molar-refractivity contribution in [3.05, 3.63) is 0 Å². The molecule has 9 heavy (non-hydrogen) atoms. The van der Waals surface area contributed by atoms with Crippen molar-refractivity contribution in [3.8, 4) is 0 Å². The summed E-state index contributed by atoms with van der Waals surface area (Å²) in [5.41, 5.74) is 2.07. The summed E-state index contributed by atoms with van der Waals surface area (Å²) in [4.78, 5) is 12.5. The van der Waals surface area contributed by atoms with Crippen LogP contribution >= 0.6 is 0 Å². The van der Waals surface area contributed by atoms with E-state index in [1.165, 1.54) is 0 Å². The van der Waals surface area contributed by atoms with Gasteiger partial charge in [0.25, 0.3) is 5.91 Å². The first-order chi connectivity index (χ1) is 4.09. The monoisotopic (exact) mass is 131 g/mol. The lowest BCUT2D eigenvalue weighted by atomic mass is 10.3. The van der Waals surface area contributed by atoms with Crippen LogP contribution in [0.1, 0.15) is 6.92 Å². The summed E-state index contributed by atoms with van der Waals surface area (Å²) in [6.45, 7) is 1.78. The van der Waals surface area contributed by atoms with Crippen LogP contribution in [0.3, 0.4) is 0 Å². The maximum absolute atomic E-state index is 10.7. The fraction of sp³-hybridized carbons (Fsp3) is 0.800. The number of hydrogen-bond donors (Lipinski definition) is 2. The minimum absolute atomic E-state index is 0.157. The van der Waals surface area contributed by atoms with E-state index in [-0.39, 0.29) is 11.9 Å². The molecule has 3 N–H and O–H groups in total. The number of carbonyl (C=O) groups excluding carboxylic acids is 1. The van der Waals surface area contributed by atoms with E-state index in [2.05, 4.69) is 5.43 Å². The molecule has 4 heteroatoms. The summed E-state index contributed by atoms with van der Waals surface area (Å²) in [6, 6.07) is -0.157. The lowest BCUT2D eigenvalue weighted by molar-refractivity contribution is -0.125. The minimum atomic E-state index is -0.167. The second-order valence-electron chi connectivity index (χ2n) is 2.15. The largest absolute Gasteiger partial charge is 0.298 e. The van der Waals surface area contributed by atoms with Crippen LogP contribution in [0.4, 0.5) is 0 Å². The fourth-order valence-corrected chi connectivity index (χ4v) is 0.355. The molecule has 1 unspecified atom stereocenters. The number of hydrazine groups is 1. The van der Waals surface area contributed by atoms with Gasteiger partial charge in [-0.25, -0.2) is 5.84 Å². The first-order valence-corrected chi connectivity index (χ1v) is 2.76. The van der Waals surface area contributed by atoms with Crippen molar-refractivity contribution in [1.82, 2.24) is 10.3 Å².